The van der Waals surface area contributed by atoms with Crippen LogP contribution in [0.3, 0.4) is 0 Å². The van der Waals surface area contributed by atoms with Gasteiger partial charge in [-0.15, -0.1) is 0 Å². The van der Waals surface area contributed by atoms with Crippen LogP contribution in [0.5, 0.6) is 0 Å². The Morgan fingerprint density at radius 2 is 1.95 bits per heavy atom. The number of hydrogen-bond acceptors (Lipinski definition) is 4. The van der Waals surface area contributed by atoms with Gasteiger partial charge >= 0.3 is 12.1 Å². The molecule has 0 aliphatic heterocycles. The Bertz CT molecular complexity index is 660. The maximum absolute atomic E-state index is 12.7. The van der Waals surface area contributed by atoms with Gasteiger partial charge in [0.05, 0.1) is 13.4 Å². The topological polar surface area (TPSA) is 80.7 Å². The number of halogens is 3. The van der Waals surface area contributed by atoms with Crippen molar-refractivity contribution in [1.82, 2.24) is 0 Å². The van der Waals surface area contributed by atoms with Gasteiger partial charge in [-0.3, -0.25) is 4.55 Å². The average Bonchev–Trinajstić information content (AvgIpc) is 2.34. The fourth-order valence-electron chi connectivity index (χ4n) is 1.60. The molecule has 1 atom stereocenters. The molecule has 1 N–H and O–H groups in total. The smallest absolute Gasteiger partial charge is 0.426 e. The van der Waals surface area contributed by atoms with Crippen LogP contribution in [0.2, 0.25) is 0 Å². The molecule has 1 aromatic carbocycles. The highest BCUT2D eigenvalue weighted by atomic mass is 32.2. The van der Waals surface area contributed by atoms with Gasteiger partial charge in [-0.25, -0.2) is 4.79 Å². The molecule has 1 unspecified atom stereocenters. The van der Waals surface area contributed by atoms with Gasteiger partial charge in [0.2, 0.25) is 6.10 Å². The summed E-state index contributed by atoms with van der Waals surface area (Å²) < 4.78 is 72.0. The lowest BCUT2D eigenvalue weighted by molar-refractivity contribution is -0.197. The predicted octanol–water partition coefficient (Wildman–Crippen LogP) is 0.124. The third kappa shape index (κ3) is 5.06. The van der Waals surface area contributed by atoms with Crippen LogP contribution in [0.1, 0.15) is 15.9 Å². The fourth-order valence-corrected chi connectivity index (χ4v) is 2.24. The van der Waals surface area contributed by atoms with Crippen molar-refractivity contribution in [1.29, 1.82) is 0 Å². The lowest BCUT2D eigenvalue weighted by Gasteiger charge is -2.20. The van der Waals surface area contributed by atoms with Gasteiger partial charge in [0.25, 0.3) is 10.1 Å². The molecule has 4 radical (unpaired) electrons. The van der Waals surface area contributed by atoms with Crippen molar-refractivity contribution in [2.75, 3.05) is 5.75 Å². The van der Waals surface area contributed by atoms with E-state index in [9.17, 15) is 26.4 Å². The van der Waals surface area contributed by atoms with Crippen molar-refractivity contribution < 1.29 is 35.7 Å². The first kappa shape index (κ1) is 18.6. The normalized spacial score (nSPS) is 13.6. The number of esters is 1. The Morgan fingerprint density at radius 1 is 1.36 bits per heavy atom. The van der Waals surface area contributed by atoms with E-state index in [1.165, 1.54) is 12.1 Å². The maximum Gasteiger partial charge on any atom is 0.426 e. The molecule has 5 nitrogen and oxygen atoms in total. The summed E-state index contributed by atoms with van der Waals surface area (Å²) in [4.78, 5) is 11.8. The van der Waals surface area contributed by atoms with Crippen LogP contribution in [0.25, 0.3) is 0 Å². The number of benzene rings is 1. The molecule has 11 heteroatoms. The van der Waals surface area contributed by atoms with E-state index in [4.69, 9.17) is 20.2 Å². The predicted molar refractivity (Wildman–Crippen MR) is 73.0 cm³/mol. The Morgan fingerprint density at radius 3 is 2.41 bits per heavy atom. The van der Waals surface area contributed by atoms with Crippen LogP contribution < -0.4 is 5.46 Å². The summed E-state index contributed by atoms with van der Waals surface area (Å²) in [5.74, 6) is -3.25. The summed E-state index contributed by atoms with van der Waals surface area (Å²) in [5.41, 5.74) is -0.164. The van der Waals surface area contributed by atoms with E-state index >= 15 is 0 Å². The highest BCUT2D eigenvalue weighted by Gasteiger charge is 2.45. The number of carbonyl (C=O) groups is 1. The summed E-state index contributed by atoms with van der Waals surface area (Å²) in [5, 5.41) is 0. The van der Waals surface area contributed by atoms with Crippen molar-refractivity contribution in [3.8, 4) is 0 Å². The third-order valence-electron chi connectivity index (χ3n) is 2.61. The number of hydrogen-bond donors (Lipinski definition) is 1. The number of rotatable bonds is 5. The average molecular weight is 332 g/mol. The molecule has 0 bridgehead atoms. The van der Waals surface area contributed by atoms with E-state index in [-0.39, 0.29) is 22.9 Å². The molecule has 0 heterocycles. The molecule has 0 saturated heterocycles. The zero-order chi connectivity index (χ0) is 17.1. The van der Waals surface area contributed by atoms with Gasteiger partial charge in [0.15, 0.2) is 0 Å². The zero-order valence-electron chi connectivity index (χ0n) is 11.0. The molecule has 1 aromatic rings. The van der Waals surface area contributed by atoms with Crippen molar-refractivity contribution in [2.45, 2.75) is 18.6 Å². The van der Waals surface area contributed by atoms with E-state index in [1.54, 1.807) is 0 Å². The first-order valence-electron chi connectivity index (χ1n) is 5.76. The van der Waals surface area contributed by atoms with Gasteiger partial charge in [-0.05, 0) is 11.6 Å². The number of carbonyl (C=O) groups excluding carboxylic acids is 1. The molecule has 1 rings (SSSR count). The SMILES string of the molecule is [B]Cc1c([B])cccc1C(=O)OC(CS(=O)(=O)O)C(F)(F)F. The standard InChI is InChI=1S/C11H9B2F3O5S/c12-4-7-6(2-1-3-8(7)13)10(17)21-9(11(14,15)16)5-22(18,19)20/h1-3,9H,4-5H2,(H,18,19,20). The lowest BCUT2D eigenvalue weighted by atomic mass is 9.81. The third-order valence-corrected chi connectivity index (χ3v) is 3.34. The molecule has 22 heavy (non-hydrogen) atoms. The molecule has 116 valence electrons. The molecule has 0 aliphatic rings. The lowest BCUT2D eigenvalue weighted by Crippen LogP contribution is -2.39. The van der Waals surface area contributed by atoms with E-state index in [0.29, 0.717) is 0 Å². The second-order valence-electron chi connectivity index (χ2n) is 4.26. The summed E-state index contributed by atoms with van der Waals surface area (Å²) in [6, 6.07) is 3.83. The van der Waals surface area contributed by atoms with Crippen molar-refractivity contribution >= 4 is 37.2 Å². The van der Waals surface area contributed by atoms with E-state index in [1.807, 2.05) is 0 Å². The quantitative estimate of drug-likeness (QED) is 0.471. The molecular weight excluding hydrogens is 323 g/mol. The molecule has 0 saturated carbocycles. The van der Waals surface area contributed by atoms with Crippen molar-refractivity contribution in [2.24, 2.45) is 0 Å². The zero-order valence-corrected chi connectivity index (χ0v) is 11.8. The van der Waals surface area contributed by atoms with E-state index < -0.39 is 34.1 Å². The molecule has 0 fully saturated rings. The molecule has 0 aliphatic carbocycles. The van der Waals surface area contributed by atoms with Gasteiger partial charge in [-0.2, -0.15) is 21.6 Å². The molecular formula is C11H9B2F3O5S. The van der Waals surface area contributed by atoms with Gasteiger partial charge < -0.3 is 4.74 Å². The monoisotopic (exact) mass is 332 g/mol. The van der Waals surface area contributed by atoms with Gasteiger partial charge in [-0.1, -0.05) is 23.9 Å². The number of ether oxygens (including phenoxy) is 1. The van der Waals surface area contributed by atoms with Crippen LogP contribution in [-0.2, 0) is 21.2 Å². The molecule has 0 amide bonds. The van der Waals surface area contributed by atoms with Crippen LogP contribution in [0.15, 0.2) is 18.2 Å². The minimum Gasteiger partial charge on any atom is -0.448 e. The van der Waals surface area contributed by atoms with E-state index in [2.05, 4.69) is 4.74 Å². The minimum atomic E-state index is -5.17. The minimum absolute atomic E-state index is 0.0697. The van der Waals surface area contributed by atoms with Crippen molar-refractivity contribution in [3.05, 3.63) is 29.3 Å². The van der Waals surface area contributed by atoms with Gasteiger partial charge in [0.1, 0.15) is 13.6 Å². The largest absolute Gasteiger partial charge is 0.448 e. The Labute approximate surface area is 127 Å². The van der Waals surface area contributed by atoms with Crippen LogP contribution in [0, 0.1) is 0 Å². The van der Waals surface area contributed by atoms with E-state index in [0.717, 1.165) is 6.07 Å². The number of alkyl halides is 3. The second kappa shape index (κ2) is 6.74. The first-order valence-corrected chi connectivity index (χ1v) is 7.37. The summed E-state index contributed by atoms with van der Waals surface area (Å²) >= 11 is 0. The molecule has 0 aromatic heterocycles. The maximum atomic E-state index is 12.7. The fraction of sp³-hybridized carbons (Fsp3) is 0.364. The summed E-state index contributed by atoms with van der Waals surface area (Å²) in [6.45, 7) is 0. The second-order valence-corrected chi connectivity index (χ2v) is 5.76. The molecule has 0 spiro atoms. The van der Waals surface area contributed by atoms with Crippen LogP contribution >= 0.6 is 0 Å². The summed E-state index contributed by atoms with van der Waals surface area (Å²) in [6.07, 6.45) is -8.41. The van der Waals surface area contributed by atoms with Gasteiger partial charge in [0, 0.05) is 0 Å². The van der Waals surface area contributed by atoms with Crippen LogP contribution in [0.4, 0.5) is 13.2 Å². The Kier molecular flexibility index (Phi) is 5.69. The first-order chi connectivity index (χ1) is 9.95. The van der Waals surface area contributed by atoms with Crippen molar-refractivity contribution in [3.63, 3.8) is 0 Å². The highest BCUT2D eigenvalue weighted by molar-refractivity contribution is 7.85. The highest BCUT2D eigenvalue weighted by Crippen LogP contribution is 2.25. The Hall–Kier alpha value is -1.48. The van der Waals surface area contributed by atoms with Crippen LogP contribution in [-0.4, -0.2) is 52.7 Å². The Balaban J connectivity index is 3.09. The summed E-state index contributed by atoms with van der Waals surface area (Å²) in [7, 11) is 5.90.